The fourth-order valence-corrected chi connectivity index (χ4v) is 3.41. The van der Waals surface area contributed by atoms with Crippen LogP contribution in [0, 0.1) is 0 Å². The number of tetrazole rings is 1. The topological polar surface area (TPSA) is 56.1 Å². The van der Waals surface area contributed by atoms with Crippen molar-refractivity contribution in [2.75, 3.05) is 18.1 Å². The summed E-state index contributed by atoms with van der Waals surface area (Å²) in [6.07, 6.45) is 4.85. The van der Waals surface area contributed by atoms with Crippen molar-refractivity contribution < 1.29 is 4.74 Å². The average Bonchev–Trinajstić information content (AvgIpc) is 3.21. The molecule has 0 unspecified atom stereocenters. The first kappa shape index (κ1) is 13.7. The fraction of sp³-hybridized carbons (Fsp3) is 0.562. The molecule has 1 fully saturated rings. The smallest absolute Gasteiger partial charge is 0.170 e. The van der Waals surface area contributed by atoms with Crippen molar-refractivity contribution in [3.8, 4) is 0 Å². The molecule has 0 bridgehead atoms. The molecular weight excluding hydrogens is 278 g/mol. The number of benzene rings is 1. The molecule has 2 aliphatic rings. The first-order chi connectivity index (χ1) is 10.9. The predicted octanol–water partition coefficient (Wildman–Crippen LogP) is 1.80. The lowest BCUT2D eigenvalue weighted by molar-refractivity contribution is 0.0926. The molecule has 6 nitrogen and oxygen atoms in total. The molecule has 116 valence electrons. The SMILES string of the molecule is c1ccc2c(c1)CCCN2Cc1nnnn1C[C@@H]1CCCO1. The second kappa shape index (κ2) is 6.04. The third-order valence-electron chi connectivity index (χ3n) is 4.55. The van der Waals surface area contributed by atoms with Crippen molar-refractivity contribution in [1.82, 2.24) is 20.2 Å². The third-order valence-corrected chi connectivity index (χ3v) is 4.55. The molecule has 0 radical (unpaired) electrons. The van der Waals surface area contributed by atoms with Crippen LogP contribution < -0.4 is 4.90 Å². The molecule has 2 aliphatic heterocycles. The zero-order valence-corrected chi connectivity index (χ0v) is 12.7. The number of aromatic nitrogens is 4. The molecule has 0 aliphatic carbocycles. The Kier molecular flexibility index (Phi) is 3.76. The van der Waals surface area contributed by atoms with E-state index in [9.17, 15) is 0 Å². The van der Waals surface area contributed by atoms with Gasteiger partial charge in [0.1, 0.15) is 0 Å². The van der Waals surface area contributed by atoms with Crippen LogP contribution in [0.15, 0.2) is 24.3 Å². The van der Waals surface area contributed by atoms with E-state index in [2.05, 4.69) is 44.7 Å². The van der Waals surface area contributed by atoms with Crippen LogP contribution in [0.3, 0.4) is 0 Å². The zero-order valence-electron chi connectivity index (χ0n) is 12.7. The van der Waals surface area contributed by atoms with Crippen molar-refractivity contribution in [2.45, 2.75) is 44.9 Å². The van der Waals surface area contributed by atoms with Crippen molar-refractivity contribution in [1.29, 1.82) is 0 Å². The van der Waals surface area contributed by atoms with Gasteiger partial charge in [-0.2, -0.15) is 0 Å². The Morgan fingerprint density at radius 2 is 2.18 bits per heavy atom. The third kappa shape index (κ3) is 2.70. The maximum absolute atomic E-state index is 5.70. The maximum Gasteiger partial charge on any atom is 0.170 e. The van der Waals surface area contributed by atoms with Gasteiger partial charge in [0.05, 0.1) is 19.2 Å². The number of rotatable bonds is 4. The van der Waals surface area contributed by atoms with Crippen LogP contribution in [0.1, 0.15) is 30.7 Å². The number of fused-ring (bicyclic) bond motifs is 1. The number of para-hydroxylation sites is 1. The average molecular weight is 299 g/mol. The summed E-state index contributed by atoms with van der Waals surface area (Å²) < 4.78 is 7.61. The van der Waals surface area contributed by atoms with Gasteiger partial charge in [-0.15, -0.1) is 5.10 Å². The Morgan fingerprint density at radius 3 is 3.09 bits per heavy atom. The van der Waals surface area contributed by atoms with Gasteiger partial charge in [-0.3, -0.25) is 0 Å². The van der Waals surface area contributed by atoms with Crippen molar-refractivity contribution >= 4 is 5.69 Å². The molecule has 4 rings (SSSR count). The van der Waals surface area contributed by atoms with E-state index in [0.717, 1.165) is 51.3 Å². The lowest BCUT2D eigenvalue weighted by Gasteiger charge is -2.30. The molecule has 0 saturated carbocycles. The minimum atomic E-state index is 0.260. The quantitative estimate of drug-likeness (QED) is 0.861. The lowest BCUT2D eigenvalue weighted by atomic mass is 10.0. The van der Waals surface area contributed by atoms with E-state index in [1.165, 1.54) is 17.7 Å². The van der Waals surface area contributed by atoms with E-state index in [1.807, 2.05) is 4.68 Å². The molecule has 6 heteroatoms. The fourth-order valence-electron chi connectivity index (χ4n) is 3.41. The number of anilines is 1. The lowest BCUT2D eigenvalue weighted by Crippen LogP contribution is -2.31. The number of hydrogen-bond acceptors (Lipinski definition) is 5. The number of nitrogens with zero attached hydrogens (tertiary/aromatic N) is 5. The van der Waals surface area contributed by atoms with E-state index < -0.39 is 0 Å². The standard InChI is InChI=1S/C16H21N5O/c1-2-8-15-13(5-1)6-3-9-20(15)12-16-17-18-19-21(16)11-14-7-4-10-22-14/h1-2,5,8,14H,3-4,6-7,9-12H2/t14-/m0/s1. The summed E-state index contributed by atoms with van der Waals surface area (Å²) in [4.78, 5) is 2.39. The van der Waals surface area contributed by atoms with Crippen molar-refractivity contribution in [3.63, 3.8) is 0 Å². The summed E-state index contributed by atoms with van der Waals surface area (Å²) in [7, 11) is 0. The van der Waals surface area contributed by atoms with Gasteiger partial charge in [0.2, 0.25) is 0 Å². The van der Waals surface area contributed by atoms with Gasteiger partial charge < -0.3 is 9.64 Å². The summed E-state index contributed by atoms with van der Waals surface area (Å²) in [6, 6.07) is 8.63. The highest BCUT2D eigenvalue weighted by atomic mass is 16.5. The van der Waals surface area contributed by atoms with E-state index in [0.29, 0.717) is 0 Å². The summed E-state index contributed by atoms with van der Waals surface area (Å²) in [5.41, 5.74) is 2.74. The Labute approximate surface area is 130 Å². The Balaban J connectivity index is 1.51. The number of aryl methyl sites for hydroxylation is 1. The highest BCUT2D eigenvalue weighted by Gasteiger charge is 2.22. The summed E-state index contributed by atoms with van der Waals surface area (Å²) in [6.45, 7) is 3.44. The van der Waals surface area contributed by atoms with Crippen molar-refractivity contribution in [2.24, 2.45) is 0 Å². The van der Waals surface area contributed by atoms with E-state index in [4.69, 9.17) is 4.74 Å². The zero-order chi connectivity index (χ0) is 14.8. The van der Waals surface area contributed by atoms with Crippen LogP contribution in [-0.4, -0.2) is 39.5 Å². The van der Waals surface area contributed by atoms with Crippen LogP contribution in [0.2, 0.25) is 0 Å². The number of ether oxygens (including phenoxy) is 1. The van der Waals surface area contributed by atoms with Gasteiger partial charge >= 0.3 is 0 Å². The summed E-state index contributed by atoms with van der Waals surface area (Å²) >= 11 is 0. The van der Waals surface area contributed by atoms with Gasteiger partial charge in [-0.25, -0.2) is 4.68 Å². The Morgan fingerprint density at radius 1 is 1.23 bits per heavy atom. The summed E-state index contributed by atoms with van der Waals surface area (Å²) in [5, 5.41) is 12.2. The normalized spacial score (nSPS) is 21.1. The second-order valence-electron chi connectivity index (χ2n) is 6.07. The van der Waals surface area contributed by atoms with Crippen LogP contribution in [-0.2, 0) is 24.2 Å². The van der Waals surface area contributed by atoms with Gasteiger partial charge in [0, 0.05) is 18.8 Å². The molecule has 1 atom stereocenters. The Hall–Kier alpha value is -1.95. The van der Waals surface area contributed by atoms with Crippen molar-refractivity contribution in [3.05, 3.63) is 35.7 Å². The van der Waals surface area contributed by atoms with E-state index in [-0.39, 0.29) is 6.10 Å². The van der Waals surface area contributed by atoms with Crippen LogP contribution in [0.25, 0.3) is 0 Å². The summed E-state index contributed by atoms with van der Waals surface area (Å²) in [5.74, 6) is 0.923. The minimum absolute atomic E-state index is 0.260. The van der Waals surface area contributed by atoms with Crippen LogP contribution in [0.4, 0.5) is 5.69 Å². The van der Waals surface area contributed by atoms with E-state index >= 15 is 0 Å². The molecule has 3 heterocycles. The predicted molar refractivity (Wildman–Crippen MR) is 82.6 cm³/mol. The molecular formula is C16H21N5O. The largest absolute Gasteiger partial charge is 0.376 e. The molecule has 0 N–H and O–H groups in total. The number of hydrogen-bond donors (Lipinski definition) is 0. The minimum Gasteiger partial charge on any atom is -0.376 e. The Bertz CT molecular complexity index is 635. The molecule has 0 amide bonds. The van der Waals surface area contributed by atoms with E-state index in [1.54, 1.807) is 0 Å². The molecule has 2 aromatic rings. The highest BCUT2D eigenvalue weighted by molar-refractivity contribution is 5.55. The molecule has 22 heavy (non-hydrogen) atoms. The van der Waals surface area contributed by atoms with Crippen LogP contribution in [0.5, 0.6) is 0 Å². The maximum atomic E-state index is 5.70. The first-order valence-corrected chi connectivity index (χ1v) is 8.09. The molecule has 1 aromatic carbocycles. The molecule has 0 spiro atoms. The van der Waals surface area contributed by atoms with Crippen LogP contribution >= 0.6 is 0 Å². The molecule has 1 aromatic heterocycles. The van der Waals surface area contributed by atoms with Gasteiger partial charge in [0.15, 0.2) is 5.82 Å². The van der Waals surface area contributed by atoms with Gasteiger partial charge in [-0.1, -0.05) is 18.2 Å². The van der Waals surface area contributed by atoms with Gasteiger partial charge in [-0.05, 0) is 47.7 Å². The molecule has 1 saturated heterocycles. The monoisotopic (exact) mass is 299 g/mol. The first-order valence-electron chi connectivity index (χ1n) is 8.09. The highest BCUT2D eigenvalue weighted by Crippen LogP contribution is 2.27. The second-order valence-corrected chi connectivity index (χ2v) is 6.07. The van der Waals surface area contributed by atoms with Gasteiger partial charge in [0.25, 0.3) is 0 Å².